The number of nitrogens with one attached hydrogen (secondary N) is 1. The van der Waals surface area contributed by atoms with Gasteiger partial charge in [0.2, 0.25) is 5.91 Å². The van der Waals surface area contributed by atoms with Gasteiger partial charge in [0.05, 0.1) is 18.7 Å². The molecule has 2 aromatic heterocycles. The highest BCUT2D eigenvalue weighted by atomic mass is 16.6. The monoisotopic (exact) mass is 420 g/mol. The van der Waals surface area contributed by atoms with Crippen molar-refractivity contribution < 1.29 is 14.3 Å². The van der Waals surface area contributed by atoms with E-state index in [-0.39, 0.29) is 12.3 Å². The predicted molar refractivity (Wildman–Crippen MR) is 119 cm³/mol. The number of pyridine rings is 2. The van der Waals surface area contributed by atoms with Crippen molar-refractivity contribution in [2.75, 3.05) is 30.4 Å². The fraction of sp³-hybridized carbons (Fsp3) is 0.273. The number of likely N-dealkylation sites (N-methyl/N-ethyl adjacent to an activating group) is 1. The van der Waals surface area contributed by atoms with E-state index in [4.69, 9.17) is 16.2 Å². The van der Waals surface area contributed by atoms with Gasteiger partial charge in [0.1, 0.15) is 17.2 Å². The van der Waals surface area contributed by atoms with Crippen LogP contribution in [0.15, 0.2) is 36.5 Å². The molecule has 0 spiro atoms. The zero-order valence-corrected chi connectivity index (χ0v) is 17.6. The second-order valence-corrected chi connectivity index (χ2v) is 8.09. The van der Waals surface area contributed by atoms with Crippen molar-refractivity contribution in [2.24, 2.45) is 0 Å². The van der Waals surface area contributed by atoms with Crippen molar-refractivity contribution in [1.29, 1.82) is 0 Å². The number of nitrogens with two attached hydrogens (primary N) is 2. The normalized spacial score (nSPS) is 18.4. The van der Waals surface area contributed by atoms with Crippen molar-refractivity contribution in [3.63, 3.8) is 0 Å². The topological polar surface area (TPSA) is 136 Å². The summed E-state index contributed by atoms with van der Waals surface area (Å²) < 4.78 is 5.50. The van der Waals surface area contributed by atoms with Crippen molar-refractivity contribution >= 4 is 40.1 Å². The maximum absolute atomic E-state index is 12.4. The summed E-state index contributed by atoms with van der Waals surface area (Å²) in [5, 5.41) is 4.06. The lowest BCUT2D eigenvalue weighted by Crippen LogP contribution is -2.36. The van der Waals surface area contributed by atoms with Gasteiger partial charge < -0.3 is 21.1 Å². The number of ether oxygens (including phenoxy) is 1. The number of carbonyl (C=O) groups is 2. The number of amides is 2. The molecule has 31 heavy (non-hydrogen) atoms. The molecule has 0 unspecified atom stereocenters. The molecule has 1 atom stereocenters. The van der Waals surface area contributed by atoms with Crippen molar-refractivity contribution in [2.45, 2.75) is 25.9 Å². The van der Waals surface area contributed by atoms with E-state index in [0.717, 1.165) is 16.5 Å². The summed E-state index contributed by atoms with van der Waals surface area (Å²) in [5.74, 6) is 0.571. The summed E-state index contributed by atoms with van der Waals surface area (Å²) in [6.45, 7) is 4.00. The number of benzene rings is 1. The Kier molecular flexibility index (Phi) is 4.88. The molecule has 3 aromatic rings. The SMILES string of the molecule is Cc1c(N)cccc1-c1cc2cc(NC(=O)O[C@@]3(C)CC(=O)N(C)C3)ncc2c(N)n1. The lowest BCUT2D eigenvalue weighted by molar-refractivity contribution is -0.126. The molecule has 160 valence electrons. The molecule has 1 aromatic carbocycles. The van der Waals surface area contributed by atoms with Gasteiger partial charge in [0, 0.05) is 29.9 Å². The summed E-state index contributed by atoms with van der Waals surface area (Å²) in [6.07, 6.45) is 1.02. The minimum atomic E-state index is -0.876. The number of carbonyl (C=O) groups excluding carboxylic acids is 2. The Labute approximate surface area is 179 Å². The summed E-state index contributed by atoms with van der Waals surface area (Å²) in [6, 6.07) is 9.20. The van der Waals surface area contributed by atoms with Crippen LogP contribution < -0.4 is 16.8 Å². The molecule has 2 amide bonds. The molecular formula is C22H24N6O3. The van der Waals surface area contributed by atoms with Crippen molar-refractivity contribution in [1.82, 2.24) is 14.9 Å². The Morgan fingerprint density at radius 2 is 2.06 bits per heavy atom. The van der Waals surface area contributed by atoms with E-state index in [0.29, 0.717) is 34.9 Å². The molecule has 0 bridgehead atoms. The van der Waals surface area contributed by atoms with E-state index in [9.17, 15) is 9.59 Å². The molecule has 1 aliphatic heterocycles. The fourth-order valence-corrected chi connectivity index (χ4v) is 3.83. The summed E-state index contributed by atoms with van der Waals surface area (Å²) in [7, 11) is 1.68. The number of hydrogen-bond acceptors (Lipinski definition) is 7. The van der Waals surface area contributed by atoms with Gasteiger partial charge in [-0.1, -0.05) is 12.1 Å². The highest BCUT2D eigenvalue weighted by Crippen LogP contribution is 2.31. The van der Waals surface area contributed by atoms with Crippen LogP contribution in [-0.2, 0) is 9.53 Å². The molecule has 0 saturated carbocycles. The lowest BCUT2D eigenvalue weighted by Gasteiger charge is -2.23. The van der Waals surface area contributed by atoms with E-state index in [1.807, 2.05) is 31.2 Å². The largest absolute Gasteiger partial charge is 0.441 e. The molecule has 0 aliphatic carbocycles. The van der Waals surface area contributed by atoms with Gasteiger partial charge in [-0.25, -0.2) is 14.8 Å². The van der Waals surface area contributed by atoms with Gasteiger partial charge in [-0.2, -0.15) is 0 Å². The molecule has 1 aliphatic rings. The predicted octanol–water partition coefficient (Wildman–Crippen LogP) is 2.94. The molecule has 1 fully saturated rings. The van der Waals surface area contributed by atoms with Gasteiger partial charge in [-0.3, -0.25) is 10.1 Å². The van der Waals surface area contributed by atoms with Crippen molar-refractivity contribution in [3.8, 4) is 11.3 Å². The molecular weight excluding hydrogens is 396 g/mol. The molecule has 0 radical (unpaired) electrons. The van der Waals surface area contributed by atoms with Crippen LogP contribution in [0.1, 0.15) is 18.9 Å². The van der Waals surface area contributed by atoms with Gasteiger partial charge in [0.25, 0.3) is 0 Å². The van der Waals surface area contributed by atoms with Crippen LogP contribution in [0, 0.1) is 6.92 Å². The highest BCUT2D eigenvalue weighted by Gasteiger charge is 2.41. The van der Waals surface area contributed by atoms with Crippen LogP contribution in [0.4, 0.5) is 22.1 Å². The number of nitrogen functional groups attached to an aromatic ring is 2. The number of likely N-dealkylation sites (tertiary alicyclic amines) is 1. The van der Waals surface area contributed by atoms with Crippen LogP contribution in [0.25, 0.3) is 22.0 Å². The smallest absolute Gasteiger partial charge is 0.413 e. The van der Waals surface area contributed by atoms with Gasteiger partial charge >= 0.3 is 6.09 Å². The minimum absolute atomic E-state index is 0.0634. The first-order chi connectivity index (χ1) is 14.6. The van der Waals surface area contributed by atoms with Crippen LogP contribution in [0.5, 0.6) is 0 Å². The average molecular weight is 420 g/mol. The van der Waals surface area contributed by atoms with Crippen LogP contribution in [-0.4, -0.2) is 46.1 Å². The van der Waals surface area contributed by atoms with Crippen molar-refractivity contribution in [3.05, 3.63) is 42.1 Å². The van der Waals surface area contributed by atoms with Gasteiger partial charge in [-0.15, -0.1) is 0 Å². The Morgan fingerprint density at radius 3 is 2.77 bits per heavy atom. The third-order valence-corrected chi connectivity index (χ3v) is 5.49. The molecule has 9 heteroatoms. The first kappa shape index (κ1) is 20.4. The van der Waals surface area contributed by atoms with E-state index in [1.54, 1.807) is 26.2 Å². The number of rotatable bonds is 3. The third-order valence-electron chi connectivity index (χ3n) is 5.49. The molecule has 5 N–H and O–H groups in total. The van der Waals surface area contributed by atoms with E-state index >= 15 is 0 Å². The van der Waals surface area contributed by atoms with Gasteiger partial charge in [0.15, 0.2) is 0 Å². The Hall–Kier alpha value is -3.88. The zero-order valence-electron chi connectivity index (χ0n) is 17.6. The summed E-state index contributed by atoms with van der Waals surface area (Å²) >= 11 is 0. The van der Waals surface area contributed by atoms with E-state index in [2.05, 4.69) is 15.3 Å². The minimum Gasteiger partial charge on any atom is -0.441 e. The molecule has 1 saturated heterocycles. The van der Waals surface area contributed by atoms with Crippen LogP contribution in [0.2, 0.25) is 0 Å². The number of anilines is 3. The summed E-state index contributed by atoms with van der Waals surface area (Å²) in [5.41, 5.74) is 14.4. The second-order valence-electron chi connectivity index (χ2n) is 8.09. The first-order valence-electron chi connectivity index (χ1n) is 9.81. The van der Waals surface area contributed by atoms with Gasteiger partial charge in [-0.05, 0) is 43.0 Å². The average Bonchev–Trinajstić information content (AvgIpc) is 2.94. The molecule has 3 heterocycles. The maximum atomic E-state index is 12.4. The third kappa shape index (κ3) is 3.94. The quantitative estimate of drug-likeness (QED) is 0.554. The number of fused-ring (bicyclic) bond motifs is 1. The Bertz CT molecular complexity index is 1210. The van der Waals surface area contributed by atoms with Crippen LogP contribution >= 0.6 is 0 Å². The molecule has 9 nitrogen and oxygen atoms in total. The Morgan fingerprint density at radius 1 is 1.29 bits per heavy atom. The lowest BCUT2D eigenvalue weighted by atomic mass is 10.0. The second kappa shape index (κ2) is 7.42. The highest BCUT2D eigenvalue weighted by molar-refractivity contribution is 5.96. The first-order valence-corrected chi connectivity index (χ1v) is 9.81. The van der Waals surface area contributed by atoms with E-state index < -0.39 is 11.7 Å². The maximum Gasteiger partial charge on any atom is 0.413 e. The Balaban J connectivity index is 1.61. The molecule has 4 rings (SSSR count). The summed E-state index contributed by atoms with van der Waals surface area (Å²) in [4.78, 5) is 34.5. The number of nitrogens with zero attached hydrogens (tertiary/aromatic N) is 3. The fourth-order valence-electron chi connectivity index (χ4n) is 3.83. The van der Waals surface area contributed by atoms with E-state index in [1.165, 1.54) is 4.90 Å². The zero-order chi connectivity index (χ0) is 22.3. The number of hydrogen-bond donors (Lipinski definition) is 3. The standard InChI is InChI=1S/C22H24N6O3/c1-12-14(5-4-6-16(12)23)17-7-13-8-18(25-10-15(13)20(24)26-17)27-21(30)31-22(2)9-19(29)28(3)11-22/h4-8,10H,9,11,23H2,1-3H3,(H2,24,26)(H,25,27,30)/t22-/m0/s1. The number of aromatic nitrogens is 2. The van der Waals surface area contributed by atoms with Crippen LogP contribution in [0.3, 0.4) is 0 Å².